The minimum atomic E-state index is -0.314. The molecule has 1 aliphatic rings. The average Bonchev–Trinajstić information content (AvgIpc) is 2.87. The quantitative estimate of drug-likeness (QED) is 0.740. The minimum absolute atomic E-state index is 0.0528. The molecule has 2 aromatic carbocycles. The summed E-state index contributed by atoms with van der Waals surface area (Å²) in [5, 5.41) is 15.7. The molecule has 3 rings (SSSR count). The van der Waals surface area contributed by atoms with Crippen molar-refractivity contribution in [1.82, 2.24) is 0 Å². The van der Waals surface area contributed by atoms with Gasteiger partial charge in [-0.25, -0.2) is 0 Å². The Balaban J connectivity index is 1.74. The van der Waals surface area contributed by atoms with Gasteiger partial charge in [0.05, 0.1) is 5.69 Å². The third kappa shape index (κ3) is 2.49. The molecule has 0 saturated heterocycles. The van der Waals surface area contributed by atoms with E-state index in [2.05, 4.69) is 26.6 Å². The molecule has 1 heterocycles. The number of benzene rings is 2. The lowest BCUT2D eigenvalue weighted by Gasteiger charge is -2.13. The molecule has 0 bridgehead atoms. The van der Waals surface area contributed by atoms with Crippen molar-refractivity contribution >= 4 is 33.2 Å². The molecule has 5 heteroatoms. The SMILES string of the molecule is O=C(Nc1cc(Br)ccc1O)[C@@H]1Cc2ccccc2N1. The highest BCUT2D eigenvalue weighted by Crippen LogP contribution is 2.29. The number of hydrogen-bond donors (Lipinski definition) is 3. The summed E-state index contributed by atoms with van der Waals surface area (Å²) < 4.78 is 0.799. The molecule has 0 saturated carbocycles. The number of amides is 1. The van der Waals surface area contributed by atoms with Gasteiger partial charge in [0.25, 0.3) is 0 Å². The summed E-state index contributed by atoms with van der Waals surface area (Å²) in [6.07, 6.45) is 0.650. The Kier molecular flexibility index (Phi) is 3.36. The van der Waals surface area contributed by atoms with Crippen LogP contribution in [0.2, 0.25) is 0 Å². The normalized spacial score (nSPS) is 16.4. The Morgan fingerprint density at radius 3 is 2.90 bits per heavy atom. The standard InChI is InChI=1S/C15H13BrN2O2/c16-10-5-6-14(19)12(8-10)18-15(20)13-7-9-3-1-2-4-11(9)17-13/h1-6,8,13,17,19H,7H2,(H,18,20)/t13-/m0/s1. The molecular formula is C15H13BrN2O2. The highest BCUT2D eigenvalue weighted by atomic mass is 79.9. The van der Waals surface area contributed by atoms with E-state index in [1.54, 1.807) is 12.1 Å². The molecule has 1 atom stereocenters. The van der Waals surface area contributed by atoms with Gasteiger partial charge in [-0.05, 0) is 29.8 Å². The number of carbonyl (C=O) groups is 1. The number of hydrogen-bond acceptors (Lipinski definition) is 3. The Hall–Kier alpha value is -2.01. The van der Waals surface area contributed by atoms with Gasteiger partial charge in [-0.2, -0.15) is 0 Å². The average molecular weight is 333 g/mol. The van der Waals surface area contributed by atoms with Crippen LogP contribution in [0.15, 0.2) is 46.9 Å². The van der Waals surface area contributed by atoms with Crippen LogP contribution in [0, 0.1) is 0 Å². The van der Waals surface area contributed by atoms with E-state index in [1.807, 2.05) is 24.3 Å². The van der Waals surface area contributed by atoms with Gasteiger partial charge in [0.15, 0.2) is 0 Å². The number of phenolic OH excluding ortho intramolecular Hbond substituents is 1. The topological polar surface area (TPSA) is 61.4 Å². The maximum absolute atomic E-state index is 12.2. The summed E-state index contributed by atoms with van der Waals surface area (Å²) in [7, 11) is 0. The number of fused-ring (bicyclic) bond motifs is 1. The van der Waals surface area contributed by atoms with E-state index in [1.165, 1.54) is 6.07 Å². The zero-order valence-corrected chi connectivity index (χ0v) is 12.1. The zero-order valence-electron chi connectivity index (χ0n) is 10.6. The van der Waals surface area contributed by atoms with Crippen LogP contribution in [0.4, 0.5) is 11.4 Å². The molecule has 0 radical (unpaired) electrons. The Labute approximate surface area is 125 Å². The molecule has 4 nitrogen and oxygen atoms in total. The lowest BCUT2D eigenvalue weighted by Crippen LogP contribution is -2.32. The first-order valence-electron chi connectivity index (χ1n) is 6.27. The molecule has 0 aromatic heterocycles. The smallest absolute Gasteiger partial charge is 0.247 e. The van der Waals surface area contributed by atoms with E-state index < -0.39 is 0 Å². The van der Waals surface area contributed by atoms with E-state index in [4.69, 9.17) is 0 Å². The van der Waals surface area contributed by atoms with Gasteiger partial charge in [-0.1, -0.05) is 34.1 Å². The lowest BCUT2D eigenvalue weighted by atomic mass is 10.1. The van der Waals surface area contributed by atoms with Gasteiger partial charge in [0.2, 0.25) is 5.91 Å². The predicted octanol–water partition coefficient (Wildman–Crippen LogP) is 3.13. The molecule has 1 amide bonds. The van der Waals surface area contributed by atoms with Crippen molar-refractivity contribution in [3.8, 4) is 5.75 Å². The fraction of sp³-hybridized carbons (Fsp3) is 0.133. The molecule has 20 heavy (non-hydrogen) atoms. The van der Waals surface area contributed by atoms with E-state index in [9.17, 15) is 9.90 Å². The number of phenols is 1. The van der Waals surface area contributed by atoms with Gasteiger partial charge in [0.1, 0.15) is 11.8 Å². The summed E-state index contributed by atoms with van der Waals surface area (Å²) in [5.74, 6) is -0.105. The number of aromatic hydroxyl groups is 1. The van der Waals surface area contributed by atoms with Gasteiger partial charge in [0, 0.05) is 16.6 Å². The number of anilines is 2. The monoisotopic (exact) mass is 332 g/mol. The Morgan fingerprint density at radius 1 is 1.30 bits per heavy atom. The second kappa shape index (κ2) is 5.17. The highest BCUT2D eigenvalue weighted by Gasteiger charge is 2.26. The predicted molar refractivity (Wildman–Crippen MR) is 82.0 cm³/mol. The van der Waals surface area contributed by atoms with Crippen LogP contribution in [0.5, 0.6) is 5.75 Å². The van der Waals surface area contributed by atoms with Gasteiger partial charge < -0.3 is 15.7 Å². The molecular weight excluding hydrogens is 320 g/mol. The van der Waals surface area contributed by atoms with Crippen LogP contribution in [-0.2, 0) is 11.2 Å². The van der Waals surface area contributed by atoms with E-state index in [-0.39, 0.29) is 17.7 Å². The summed E-state index contributed by atoms with van der Waals surface area (Å²) >= 11 is 3.31. The molecule has 102 valence electrons. The van der Waals surface area contributed by atoms with Crippen molar-refractivity contribution in [2.24, 2.45) is 0 Å². The fourth-order valence-corrected chi connectivity index (χ4v) is 2.65. The van der Waals surface area contributed by atoms with Crippen molar-refractivity contribution in [2.45, 2.75) is 12.5 Å². The first-order chi connectivity index (χ1) is 9.63. The Bertz CT molecular complexity index is 648. The van der Waals surface area contributed by atoms with Crippen LogP contribution < -0.4 is 10.6 Å². The molecule has 3 N–H and O–H groups in total. The zero-order chi connectivity index (χ0) is 14.1. The second-order valence-electron chi connectivity index (χ2n) is 4.71. The van der Waals surface area contributed by atoms with Crippen molar-refractivity contribution in [3.63, 3.8) is 0 Å². The van der Waals surface area contributed by atoms with Crippen LogP contribution in [0.3, 0.4) is 0 Å². The van der Waals surface area contributed by atoms with Crippen LogP contribution >= 0.6 is 15.9 Å². The van der Waals surface area contributed by atoms with Crippen LogP contribution in [0.25, 0.3) is 0 Å². The van der Waals surface area contributed by atoms with Gasteiger partial charge >= 0.3 is 0 Å². The second-order valence-corrected chi connectivity index (χ2v) is 5.62. The third-order valence-corrected chi connectivity index (χ3v) is 3.80. The van der Waals surface area contributed by atoms with Crippen molar-refractivity contribution < 1.29 is 9.90 Å². The molecule has 0 unspecified atom stereocenters. The van der Waals surface area contributed by atoms with Gasteiger partial charge in [-0.15, -0.1) is 0 Å². The van der Waals surface area contributed by atoms with Crippen LogP contribution in [0.1, 0.15) is 5.56 Å². The summed E-state index contributed by atoms with van der Waals surface area (Å²) in [6.45, 7) is 0. The number of carbonyl (C=O) groups excluding carboxylic acids is 1. The number of rotatable bonds is 2. The minimum Gasteiger partial charge on any atom is -0.506 e. The molecule has 1 aliphatic heterocycles. The van der Waals surface area contributed by atoms with Crippen LogP contribution in [-0.4, -0.2) is 17.1 Å². The van der Waals surface area contributed by atoms with E-state index >= 15 is 0 Å². The summed E-state index contributed by atoms with van der Waals surface area (Å²) in [4.78, 5) is 12.2. The third-order valence-electron chi connectivity index (χ3n) is 3.30. The maximum Gasteiger partial charge on any atom is 0.247 e. The first-order valence-corrected chi connectivity index (χ1v) is 7.06. The van der Waals surface area contributed by atoms with Crippen molar-refractivity contribution in [2.75, 3.05) is 10.6 Å². The lowest BCUT2D eigenvalue weighted by molar-refractivity contribution is -0.116. The number of para-hydroxylation sites is 1. The Morgan fingerprint density at radius 2 is 2.10 bits per heavy atom. The largest absolute Gasteiger partial charge is 0.506 e. The number of nitrogens with one attached hydrogen (secondary N) is 2. The van der Waals surface area contributed by atoms with E-state index in [0.717, 1.165) is 15.7 Å². The van der Waals surface area contributed by atoms with Crippen molar-refractivity contribution in [1.29, 1.82) is 0 Å². The first kappa shape index (κ1) is 13.0. The molecule has 0 fully saturated rings. The summed E-state index contributed by atoms with van der Waals surface area (Å²) in [5.41, 5.74) is 2.53. The van der Waals surface area contributed by atoms with Crippen molar-refractivity contribution in [3.05, 3.63) is 52.5 Å². The highest BCUT2D eigenvalue weighted by molar-refractivity contribution is 9.10. The van der Waals surface area contributed by atoms with Gasteiger partial charge in [-0.3, -0.25) is 4.79 Å². The van der Waals surface area contributed by atoms with E-state index in [0.29, 0.717) is 12.1 Å². The molecule has 0 aliphatic carbocycles. The number of halogens is 1. The fourth-order valence-electron chi connectivity index (χ4n) is 2.28. The maximum atomic E-state index is 12.2. The molecule has 0 spiro atoms. The summed E-state index contributed by atoms with van der Waals surface area (Å²) in [6, 6.07) is 12.5. The molecule has 2 aromatic rings.